The van der Waals surface area contributed by atoms with E-state index < -0.39 is 0 Å². The Hall–Kier alpha value is -2.33. The predicted molar refractivity (Wildman–Crippen MR) is 81.1 cm³/mol. The van der Waals surface area contributed by atoms with Gasteiger partial charge in [-0.2, -0.15) is 0 Å². The lowest BCUT2D eigenvalue weighted by atomic mass is 10.1. The van der Waals surface area contributed by atoms with Crippen LogP contribution in [0, 0.1) is 0 Å². The average Bonchev–Trinajstić information content (AvgIpc) is 2.54. The van der Waals surface area contributed by atoms with Gasteiger partial charge in [-0.15, -0.1) is 0 Å². The zero-order valence-electron chi connectivity index (χ0n) is 12.0. The summed E-state index contributed by atoms with van der Waals surface area (Å²) in [7, 11) is 0. The average molecular weight is 285 g/mol. The molecule has 21 heavy (non-hydrogen) atoms. The van der Waals surface area contributed by atoms with Gasteiger partial charge in [0.1, 0.15) is 5.75 Å². The second kappa shape index (κ2) is 7.45. The summed E-state index contributed by atoms with van der Waals surface area (Å²) in [6.45, 7) is 2.86. The number of rotatable bonds is 6. The molecule has 0 heterocycles. The number of benzene rings is 2. The van der Waals surface area contributed by atoms with Crippen molar-refractivity contribution >= 4 is 5.91 Å². The largest absolute Gasteiger partial charge is 0.493 e. The van der Waals surface area contributed by atoms with Crippen LogP contribution >= 0.6 is 0 Å². The van der Waals surface area contributed by atoms with E-state index in [2.05, 4.69) is 5.32 Å². The Morgan fingerprint density at radius 1 is 1.10 bits per heavy atom. The lowest BCUT2D eigenvalue weighted by Gasteiger charge is -2.10. The summed E-state index contributed by atoms with van der Waals surface area (Å²) in [6, 6.07) is 14.7. The van der Waals surface area contributed by atoms with Crippen molar-refractivity contribution in [3.8, 4) is 5.75 Å². The second-order valence-electron chi connectivity index (χ2n) is 4.59. The number of carbonyl (C=O) groups excluding carboxylic acids is 1. The van der Waals surface area contributed by atoms with Crippen LogP contribution in [0.4, 0.5) is 0 Å². The quantitative estimate of drug-likeness (QED) is 0.857. The third-order valence-electron chi connectivity index (χ3n) is 3.09. The highest BCUT2D eigenvalue weighted by molar-refractivity contribution is 5.96. The van der Waals surface area contributed by atoms with E-state index in [0.717, 1.165) is 11.1 Å². The first kappa shape index (κ1) is 15.1. The standard InChI is InChI=1S/C17H19NO3/c1-2-21-16-6-4-3-5-15(16)17(20)18-11-13-7-9-14(12-19)10-8-13/h3-10,19H,2,11-12H2,1H3,(H,18,20). The van der Waals surface area contributed by atoms with Crippen molar-refractivity contribution in [1.29, 1.82) is 0 Å². The summed E-state index contributed by atoms with van der Waals surface area (Å²) in [4.78, 5) is 12.2. The molecule has 2 aromatic rings. The van der Waals surface area contributed by atoms with Crippen LogP contribution in [0.25, 0.3) is 0 Å². The van der Waals surface area contributed by atoms with E-state index in [1.54, 1.807) is 12.1 Å². The van der Waals surface area contributed by atoms with Gasteiger partial charge in [0.05, 0.1) is 18.8 Å². The van der Waals surface area contributed by atoms with Crippen LogP contribution in [-0.2, 0) is 13.2 Å². The topological polar surface area (TPSA) is 58.6 Å². The van der Waals surface area contributed by atoms with Crippen molar-refractivity contribution in [2.24, 2.45) is 0 Å². The molecule has 0 fully saturated rings. The van der Waals surface area contributed by atoms with Crippen molar-refractivity contribution in [3.63, 3.8) is 0 Å². The van der Waals surface area contributed by atoms with Crippen LogP contribution in [0.3, 0.4) is 0 Å². The monoisotopic (exact) mass is 285 g/mol. The number of para-hydroxylation sites is 1. The van der Waals surface area contributed by atoms with Crippen molar-refractivity contribution in [3.05, 3.63) is 65.2 Å². The van der Waals surface area contributed by atoms with Crippen molar-refractivity contribution < 1.29 is 14.6 Å². The maximum Gasteiger partial charge on any atom is 0.255 e. The summed E-state index contributed by atoms with van der Waals surface area (Å²) >= 11 is 0. The molecule has 4 nitrogen and oxygen atoms in total. The lowest BCUT2D eigenvalue weighted by molar-refractivity contribution is 0.0947. The molecule has 0 spiro atoms. The number of hydrogen-bond donors (Lipinski definition) is 2. The fourth-order valence-corrected chi connectivity index (χ4v) is 1.98. The first-order valence-corrected chi connectivity index (χ1v) is 6.93. The summed E-state index contributed by atoms with van der Waals surface area (Å²) in [5.74, 6) is 0.429. The zero-order chi connectivity index (χ0) is 15.1. The molecule has 110 valence electrons. The van der Waals surface area contributed by atoms with Gasteiger partial charge < -0.3 is 15.2 Å². The van der Waals surface area contributed by atoms with Crippen LogP contribution in [0.5, 0.6) is 5.75 Å². The van der Waals surface area contributed by atoms with Crippen LogP contribution in [-0.4, -0.2) is 17.6 Å². The molecule has 0 bridgehead atoms. The highest BCUT2D eigenvalue weighted by atomic mass is 16.5. The molecule has 0 aromatic heterocycles. The first-order chi connectivity index (χ1) is 10.2. The molecule has 0 atom stereocenters. The Morgan fingerprint density at radius 3 is 2.43 bits per heavy atom. The minimum atomic E-state index is -0.162. The van der Waals surface area contributed by atoms with Gasteiger partial charge in [0.2, 0.25) is 0 Å². The highest BCUT2D eigenvalue weighted by Gasteiger charge is 2.11. The fraction of sp³-hybridized carbons (Fsp3) is 0.235. The van der Waals surface area contributed by atoms with Gasteiger partial charge in [-0.1, -0.05) is 36.4 Å². The van der Waals surface area contributed by atoms with E-state index in [1.807, 2.05) is 43.3 Å². The third-order valence-corrected chi connectivity index (χ3v) is 3.09. The number of nitrogens with one attached hydrogen (secondary N) is 1. The SMILES string of the molecule is CCOc1ccccc1C(=O)NCc1ccc(CO)cc1. The number of aliphatic hydroxyl groups excluding tert-OH is 1. The number of carbonyl (C=O) groups is 1. The van der Waals surface area contributed by atoms with Crippen molar-refractivity contribution in [2.75, 3.05) is 6.61 Å². The van der Waals surface area contributed by atoms with E-state index in [1.165, 1.54) is 0 Å². The van der Waals surface area contributed by atoms with Gasteiger partial charge in [0.15, 0.2) is 0 Å². The van der Waals surface area contributed by atoms with Crippen molar-refractivity contribution in [1.82, 2.24) is 5.32 Å². The Labute approximate surface area is 124 Å². The van der Waals surface area contributed by atoms with Crippen LogP contribution in [0.15, 0.2) is 48.5 Å². The van der Waals surface area contributed by atoms with E-state index in [9.17, 15) is 4.79 Å². The second-order valence-corrected chi connectivity index (χ2v) is 4.59. The smallest absolute Gasteiger partial charge is 0.255 e. The highest BCUT2D eigenvalue weighted by Crippen LogP contribution is 2.17. The molecule has 2 rings (SSSR count). The van der Waals surface area contributed by atoms with Gasteiger partial charge in [-0.25, -0.2) is 0 Å². The maximum absolute atomic E-state index is 12.2. The summed E-state index contributed by atoms with van der Waals surface area (Å²) in [5, 5.41) is 11.9. The summed E-state index contributed by atoms with van der Waals surface area (Å²) in [5.41, 5.74) is 2.37. The molecule has 0 radical (unpaired) electrons. The molecule has 0 saturated carbocycles. The molecular formula is C17H19NO3. The number of ether oxygens (including phenoxy) is 1. The van der Waals surface area contributed by atoms with E-state index in [4.69, 9.17) is 9.84 Å². The van der Waals surface area contributed by atoms with Crippen molar-refractivity contribution in [2.45, 2.75) is 20.1 Å². The zero-order valence-corrected chi connectivity index (χ0v) is 12.0. The summed E-state index contributed by atoms with van der Waals surface area (Å²) < 4.78 is 5.45. The van der Waals surface area contributed by atoms with Crippen LogP contribution in [0.1, 0.15) is 28.4 Å². The molecule has 0 aliphatic heterocycles. The minimum Gasteiger partial charge on any atom is -0.493 e. The number of aliphatic hydroxyl groups is 1. The van der Waals surface area contributed by atoms with Crippen LogP contribution < -0.4 is 10.1 Å². The van der Waals surface area contributed by atoms with Gasteiger partial charge >= 0.3 is 0 Å². The van der Waals surface area contributed by atoms with E-state index >= 15 is 0 Å². The van der Waals surface area contributed by atoms with Gasteiger partial charge in [0.25, 0.3) is 5.91 Å². The molecule has 2 N–H and O–H groups in total. The Morgan fingerprint density at radius 2 is 1.76 bits per heavy atom. The Balaban J connectivity index is 2.01. The van der Waals surface area contributed by atoms with Gasteiger partial charge in [-0.05, 0) is 30.2 Å². The molecule has 1 amide bonds. The lowest BCUT2D eigenvalue weighted by Crippen LogP contribution is -2.23. The predicted octanol–water partition coefficient (Wildman–Crippen LogP) is 2.51. The molecule has 2 aromatic carbocycles. The van der Waals surface area contributed by atoms with Crippen LogP contribution in [0.2, 0.25) is 0 Å². The maximum atomic E-state index is 12.2. The number of hydrogen-bond acceptors (Lipinski definition) is 3. The molecule has 0 aliphatic rings. The Bertz CT molecular complexity index is 593. The molecule has 0 aliphatic carbocycles. The minimum absolute atomic E-state index is 0.0222. The molecule has 4 heteroatoms. The van der Waals surface area contributed by atoms with E-state index in [0.29, 0.717) is 24.5 Å². The normalized spacial score (nSPS) is 10.2. The fourth-order valence-electron chi connectivity index (χ4n) is 1.98. The Kier molecular flexibility index (Phi) is 5.35. The first-order valence-electron chi connectivity index (χ1n) is 6.93. The third kappa shape index (κ3) is 4.07. The number of amides is 1. The molecule has 0 unspecified atom stereocenters. The summed E-state index contributed by atoms with van der Waals surface area (Å²) in [6.07, 6.45) is 0. The van der Waals surface area contributed by atoms with Gasteiger partial charge in [0, 0.05) is 6.54 Å². The molecule has 0 saturated heterocycles. The van der Waals surface area contributed by atoms with Gasteiger partial charge in [-0.3, -0.25) is 4.79 Å². The van der Waals surface area contributed by atoms with E-state index in [-0.39, 0.29) is 12.5 Å². The molecular weight excluding hydrogens is 266 g/mol.